The minimum atomic E-state index is -0.332. The molecule has 1 aliphatic carbocycles. The molecule has 0 aliphatic heterocycles. The Labute approximate surface area is 85.2 Å². The quantitative estimate of drug-likeness (QED) is 0.646. The largest absolute Gasteiger partial charge is 0.372 e. The molecular weight excluding hydrogens is 180 g/mol. The van der Waals surface area contributed by atoms with Crippen molar-refractivity contribution < 1.29 is 9.53 Å². The van der Waals surface area contributed by atoms with Crippen LogP contribution < -0.4 is 11.1 Å². The first kappa shape index (κ1) is 11.5. The van der Waals surface area contributed by atoms with Gasteiger partial charge < -0.3 is 15.8 Å². The van der Waals surface area contributed by atoms with Gasteiger partial charge in [-0.25, -0.2) is 0 Å². The first-order chi connectivity index (χ1) is 6.69. The molecule has 0 radical (unpaired) electrons. The molecule has 2 unspecified atom stereocenters. The third-order valence-corrected chi connectivity index (χ3v) is 2.69. The predicted molar refractivity (Wildman–Crippen MR) is 54.8 cm³/mol. The van der Waals surface area contributed by atoms with Crippen LogP contribution in [-0.2, 0) is 9.53 Å². The normalized spacial score (nSPS) is 20.2. The molecule has 0 spiro atoms. The van der Waals surface area contributed by atoms with Gasteiger partial charge in [0, 0.05) is 19.7 Å². The summed E-state index contributed by atoms with van der Waals surface area (Å²) >= 11 is 0. The zero-order chi connectivity index (χ0) is 10.6. The molecule has 1 fully saturated rings. The van der Waals surface area contributed by atoms with Gasteiger partial charge in [-0.3, -0.25) is 4.79 Å². The van der Waals surface area contributed by atoms with E-state index in [9.17, 15) is 4.79 Å². The lowest BCUT2D eigenvalue weighted by molar-refractivity contribution is -0.131. The Balaban J connectivity index is 2.18. The molecule has 1 aliphatic rings. The Morgan fingerprint density at radius 1 is 1.64 bits per heavy atom. The SMILES string of the molecule is CCC(OC)C(=O)NCC(N)C1CC1. The van der Waals surface area contributed by atoms with Gasteiger partial charge in [0.1, 0.15) is 6.10 Å². The molecule has 0 aromatic rings. The minimum absolute atomic E-state index is 0.0499. The number of hydrogen-bond donors (Lipinski definition) is 2. The maximum Gasteiger partial charge on any atom is 0.249 e. The van der Waals surface area contributed by atoms with Crippen molar-refractivity contribution in [1.29, 1.82) is 0 Å². The lowest BCUT2D eigenvalue weighted by atomic mass is 10.2. The van der Waals surface area contributed by atoms with Gasteiger partial charge in [-0.15, -0.1) is 0 Å². The molecule has 4 nitrogen and oxygen atoms in total. The van der Waals surface area contributed by atoms with Gasteiger partial charge in [-0.2, -0.15) is 0 Å². The molecule has 14 heavy (non-hydrogen) atoms. The van der Waals surface area contributed by atoms with Crippen LogP contribution in [0.5, 0.6) is 0 Å². The van der Waals surface area contributed by atoms with E-state index in [-0.39, 0.29) is 18.1 Å². The van der Waals surface area contributed by atoms with E-state index in [0.717, 1.165) is 0 Å². The first-order valence-electron chi connectivity index (χ1n) is 5.25. The zero-order valence-electron chi connectivity index (χ0n) is 8.95. The fourth-order valence-electron chi connectivity index (χ4n) is 1.48. The van der Waals surface area contributed by atoms with E-state index in [4.69, 9.17) is 10.5 Å². The van der Waals surface area contributed by atoms with Crippen LogP contribution in [0.4, 0.5) is 0 Å². The number of methoxy groups -OCH3 is 1. The molecule has 1 amide bonds. The smallest absolute Gasteiger partial charge is 0.249 e. The Morgan fingerprint density at radius 3 is 2.71 bits per heavy atom. The summed E-state index contributed by atoms with van der Waals surface area (Å²) in [5, 5.41) is 2.82. The second-order valence-electron chi connectivity index (χ2n) is 3.88. The van der Waals surface area contributed by atoms with Crippen LogP contribution in [0.3, 0.4) is 0 Å². The number of rotatable bonds is 6. The molecule has 82 valence electrons. The van der Waals surface area contributed by atoms with Crippen LogP contribution in [0.25, 0.3) is 0 Å². The highest BCUT2D eigenvalue weighted by atomic mass is 16.5. The van der Waals surface area contributed by atoms with Gasteiger partial charge in [0.25, 0.3) is 0 Å². The minimum Gasteiger partial charge on any atom is -0.372 e. The Bertz CT molecular complexity index is 189. The summed E-state index contributed by atoms with van der Waals surface area (Å²) < 4.78 is 5.02. The highest BCUT2D eigenvalue weighted by Crippen LogP contribution is 2.31. The monoisotopic (exact) mass is 200 g/mol. The van der Waals surface area contributed by atoms with Crippen LogP contribution >= 0.6 is 0 Å². The average molecular weight is 200 g/mol. The summed E-state index contributed by atoms with van der Waals surface area (Å²) in [5.41, 5.74) is 5.85. The van der Waals surface area contributed by atoms with Crippen molar-refractivity contribution in [3.05, 3.63) is 0 Å². The van der Waals surface area contributed by atoms with Gasteiger partial charge in [0.15, 0.2) is 0 Å². The van der Waals surface area contributed by atoms with Crippen molar-refractivity contribution in [3.63, 3.8) is 0 Å². The fraction of sp³-hybridized carbons (Fsp3) is 0.900. The summed E-state index contributed by atoms with van der Waals surface area (Å²) in [6.45, 7) is 2.50. The van der Waals surface area contributed by atoms with Crippen molar-refractivity contribution in [2.24, 2.45) is 11.7 Å². The van der Waals surface area contributed by atoms with E-state index in [1.807, 2.05) is 6.92 Å². The van der Waals surface area contributed by atoms with E-state index in [1.54, 1.807) is 7.11 Å². The topological polar surface area (TPSA) is 64.3 Å². The second-order valence-corrected chi connectivity index (χ2v) is 3.88. The van der Waals surface area contributed by atoms with Gasteiger partial charge in [0.05, 0.1) is 0 Å². The lowest BCUT2D eigenvalue weighted by Gasteiger charge is -2.16. The van der Waals surface area contributed by atoms with E-state index in [1.165, 1.54) is 12.8 Å². The van der Waals surface area contributed by atoms with E-state index < -0.39 is 0 Å². The number of hydrogen-bond acceptors (Lipinski definition) is 3. The van der Waals surface area contributed by atoms with E-state index in [2.05, 4.69) is 5.32 Å². The Morgan fingerprint density at radius 2 is 2.29 bits per heavy atom. The van der Waals surface area contributed by atoms with Crippen LogP contribution in [0, 0.1) is 5.92 Å². The maximum absolute atomic E-state index is 11.5. The van der Waals surface area contributed by atoms with E-state index in [0.29, 0.717) is 18.9 Å². The van der Waals surface area contributed by atoms with Gasteiger partial charge in [-0.1, -0.05) is 6.92 Å². The number of ether oxygens (including phenoxy) is 1. The number of nitrogens with two attached hydrogens (primary N) is 1. The maximum atomic E-state index is 11.5. The third kappa shape index (κ3) is 3.27. The molecule has 0 bridgehead atoms. The summed E-state index contributed by atoms with van der Waals surface area (Å²) in [5.74, 6) is 0.573. The molecule has 0 heterocycles. The van der Waals surface area contributed by atoms with Gasteiger partial charge in [-0.05, 0) is 25.2 Å². The molecular formula is C10H20N2O2. The first-order valence-corrected chi connectivity index (χ1v) is 5.25. The fourth-order valence-corrected chi connectivity index (χ4v) is 1.48. The number of carbonyl (C=O) groups excluding carboxylic acids is 1. The molecule has 3 N–H and O–H groups in total. The van der Waals surface area contributed by atoms with Crippen LogP contribution in [0.1, 0.15) is 26.2 Å². The lowest BCUT2D eigenvalue weighted by Crippen LogP contribution is -2.43. The molecule has 0 aromatic carbocycles. The van der Waals surface area contributed by atoms with Crippen molar-refractivity contribution in [1.82, 2.24) is 5.32 Å². The van der Waals surface area contributed by atoms with Crippen LogP contribution in [0.15, 0.2) is 0 Å². The number of nitrogens with one attached hydrogen (secondary N) is 1. The highest BCUT2D eigenvalue weighted by Gasteiger charge is 2.28. The summed E-state index contributed by atoms with van der Waals surface area (Å²) in [6, 6.07) is 0.119. The number of carbonyl (C=O) groups is 1. The van der Waals surface area contributed by atoms with Crippen molar-refractivity contribution in [3.8, 4) is 0 Å². The second kappa shape index (κ2) is 5.32. The van der Waals surface area contributed by atoms with Gasteiger partial charge >= 0.3 is 0 Å². The Kier molecular flexibility index (Phi) is 4.35. The Hall–Kier alpha value is -0.610. The predicted octanol–water partition coefficient (Wildman–Crippen LogP) is 0.265. The van der Waals surface area contributed by atoms with Crippen LogP contribution in [-0.4, -0.2) is 31.7 Å². The summed E-state index contributed by atoms with van der Waals surface area (Å²) in [7, 11) is 1.55. The molecule has 2 atom stereocenters. The van der Waals surface area contributed by atoms with Crippen molar-refractivity contribution in [2.45, 2.75) is 38.3 Å². The summed E-state index contributed by atoms with van der Waals surface area (Å²) in [6.07, 6.45) is 2.78. The van der Waals surface area contributed by atoms with Crippen molar-refractivity contribution in [2.75, 3.05) is 13.7 Å². The van der Waals surface area contributed by atoms with Gasteiger partial charge in [0.2, 0.25) is 5.91 Å². The number of amides is 1. The van der Waals surface area contributed by atoms with Crippen molar-refractivity contribution >= 4 is 5.91 Å². The standard InChI is InChI=1S/C10H20N2O2/c1-3-9(14-2)10(13)12-6-8(11)7-4-5-7/h7-9H,3-6,11H2,1-2H3,(H,12,13). The zero-order valence-corrected chi connectivity index (χ0v) is 8.95. The molecule has 1 saturated carbocycles. The average Bonchev–Trinajstić information content (AvgIpc) is 2.99. The molecule has 0 saturated heterocycles. The highest BCUT2D eigenvalue weighted by molar-refractivity contribution is 5.80. The van der Waals surface area contributed by atoms with E-state index >= 15 is 0 Å². The molecule has 1 rings (SSSR count). The molecule has 0 aromatic heterocycles. The third-order valence-electron chi connectivity index (χ3n) is 2.69. The summed E-state index contributed by atoms with van der Waals surface area (Å²) in [4.78, 5) is 11.5. The van der Waals surface area contributed by atoms with Crippen LogP contribution in [0.2, 0.25) is 0 Å². The molecule has 4 heteroatoms.